The molecule has 0 fully saturated rings. The van der Waals surface area contributed by atoms with Crippen molar-refractivity contribution < 1.29 is 19.1 Å². The van der Waals surface area contributed by atoms with Crippen molar-refractivity contribution in [1.82, 2.24) is 5.32 Å². The zero-order valence-corrected chi connectivity index (χ0v) is 18.3. The second kappa shape index (κ2) is 8.11. The fourth-order valence-electron chi connectivity index (χ4n) is 4.47. The number of fused-ring (bicyclic) bond motifs is 1. The van der Waals surface area contributed by atoms with Gasteiger partial charge >= 0.3 is 5.97 Å². The maximum atomic E-state index is 13.4. The van der Waals surface area contributed by atoms with Crippen LogP contribution in [0, 0.1) is 12.8 Å². The number of thiophene rings is 1. The summed E-state index contributed by atoms with van der Waals surface area (Å²) in [6, 6.07) is 11.9. The summed E-state index contributed by atoms with van der Waals surface area (Å²) in [5.41, 5.74) is 3.17. The molecule has 2 aromatic rings. The first-order chi connectivity index (χ1) is 14.4. The van der Waals surface area contributed by atoms with Crippen molar-refractivity contribution in [3.63, 3.8) is 0 Å². The SMILES string of the molecule is COC(=O)C1=C(C)NC2=CC(c3cccc(OC)c3)CC(=O)C2C1c1ccc(C)s1. The van der Waals surface area contributed by atoms with Gasteiger partial charge in [-0.25, -0.2) is 4.79 Å². The van der Waals surface area contributed by atoms with Crippen LogP contribution in [0.25, 0.3) is 0 Å². The molecule has 0 amide bonds. The van der Waals surface area contributed by atoms with Crippen LogP contribution in [0.4, 0.5) is 0 Å². The van der Waals surface area contributed by atoms with Crippen molar-refractivity contribution in [1.29, 1.82) is 0 Å². The third-order valence-corrected chi connectivity index (χ3v) is 6.94. The molecule has 0 radical (unpaired) electrons. The van der Waals surface area contributed by atoms with E-state index in [1.807, 2.05) is 50.2 Å². The van der Waals surface area contributed by atoms with Crippen molar-refractivity contribution in [2.24, 2.45) is 5.92 Å². The number of benzene rings is 1. The van der Waals surface area contributed by atoms with Gasteiger partial charge in [0.2, 0.25) is 0 Å². The van der Waals surface area contributed by atoms with E-state index >= 15 is 0 Å². The Labute approximate surface area is 180 Å². The summed E-state index contributed by atoms with van der Waals surface area (Å²) >= 11 is 1.62. The second-order valence-corrected chi connectivity index (χ2v) is 9.05. The fraction of sp³-hybridized carbons (Fsp3) is 0.333. The number of ether oxygens (including phenoxy) is 2. The van der Waals surface area contributed by atoms with E-state index in [1.165, 1.54) is 7.11 Å². The van der Waals surface area contributed by atoms with Gasteiger partial charge in [-0.3, -0.25) is 4.79 Å². The maximum absolute atomic E-state index is 13.4. The monoisotopic (exact) mass is 423 g/mol. The molecule has 1 aromatic carbocycles. The molecule has 1 aliphatic carbocycles. The summed E-state index contributed by atoms with van der Waals surface area (Å²) in [6.07, 6.45) is 2.52. The number of esters is 1. The molecule has 5 nitrogen and oxygen atoms in total. The van der Waals surface area contributed by atoms with Gasteiger partial charge in [0.05, 0.1) is 25.7 Å². The van der Waals surface area contributed by atoms with Crippen LogP contribution in [-0.4, -0.2) is 26.0 Å². The number of nitrogens with one attached hydrogen (secondary N) is 1. The molecule has 0 spiro atoms. The number of hydrogen-bond donors (Lipinski definition) is 1. The van der Waals surface area contributed by atoms with Crippen LogP contribution >= 0.6 is 11.3 Å². The lowest BCUT2D eigenvalue weighted by Crippen LogP contribution is -2.41. The number of rotatable bonds is 4. The van der Waals surface area contributed by atoms with Gasteiger partial charge in [0.15, 0.2) is 0 Å². The van der Waals surface area contributed by atoms with E-state index in [1.54, 1.807) is 18.4 Å². The summed E-state index contributed by atoms with van der Waals surface area (Å²) in [4.78, 5) is 28.2. The van der Waals surface area contributed by atoms with Crippen LogP contribution in [0.1, 0.15) is 40.5 Å². The molecule has 156 valence electrons. The molecule has 2 heterocycles. The van der Waals surface area contributed by atoms with E-state index in [4.69, 9.17) is 9.47 Å². The van der Waals surface area contributed by atoms with Gasteiger partial charge < -0.3 is 14.8 Å². The molecule has 6 heteroatoms. The number of allylic oxidation sites excluding steroid dienone is 3. The molecule has 30 heavy (non-hydrogen) atoms. The molecule has 1 aromatic heterocycles. The van der Waals surface area contributed by atoms with Gasteiger partial charge in [-0.1, -0.05) is 18.2 Å². The standard InChI is InChI=1S/C24H25NO4S/c1-13-8-9-20(30-13)23-21(24(27)29-4)14(2)25-18-11-16(12-19(26)22(18)23)15-6-5-7-17(10-15)28-3/h5-11,16,22-23,25H,12H2,1-4H3. The van der Waals surface area contributed by atoms with Crippen LogP contribution < -0.4 is 10.1 Å². The van der Waals surface area contributed by atoms with E-state index in [-0.39, 0.29) is 17.6 Å². The van der Waals surface area contributed by atoms with E-state index < -0.39 is 11.9 Å². The molecule has 3 atom stereocenters. The fourth-order valence-corrected chi connectivity index (χ4v) is 5.49. The van der Waals surface area contributed by atoms with Gasteiger partial charge in [-0.2, -0.15) is 0 Å². The van der Waals surface area contributed by atoms with Crippen molar-refractivity contribution in [3.05, 3.63) is 74.8 Å². The maximum Gasteiger partial charge on any atom is 0.336 e. The lowest BCUT2D eigenvalue weighted by atomic mass is 9.70. The molecular weight excluding hydrogens is 398 g/mol. The predicted octanol–water partition coefficient (Wildman–Crippen LogP) is 4.46. The molecule has 2 aliphatic rings. The summed E-state index contributed by atoms with van der Waals surface area (Å²) in [5.74, 6) is -0.279. The van der Waals surface area contributed by atoms with E-state index in [9.17, 15) is 9.59 Å². The molecule has 1 N–H and O–H groups in total. The number of aryl methyl sites for hydroxylation is 1. The zero-order valence-electron chi connectivity index (χ0n) is 17.5. The quantitative estimate of drug-likeness (QED) is 0.736. The number of carbonyl (C=O) groups is 2. The third-order valence-electron chi connectivity index (χ3n) is 5.86. The molecule has 1 aliphatic heterocycles. The number of Topliss-reactive ketones (excluding diaryl/α,β-unsaturated/α-hetero) is 1. The van der Waals surface area contributed by atoms with Crippen LogP contribution in [0.15, 0.2) is 59.4 Å². The van der Waals surface area contributed by atoms with Gasteiger partial charge in [0, 0.05) is 39.4 Å². The van der Waals surface area contributed by atoms with Crippen molar-refractivity contribution in [2.45, 2.75) is 32.1 Å². The van der Waals surface area contributed by atoms with Crippen molar-refractivity contribution in [2.75, 3.05) is 14.2 Å². The Kier molecular flexibility index (Phi) is 5.52. The van der Waals surface area contributed by atoms with Gasteiger partial charge in [-0.05, 0) is 43.7 Å². The first kappa shape index (κ1) is 20.4. The predicted molar refractivity (Wildman–Crippen MR) is 117 cm³/mol. The zero-order chi connectivity index (χ0) is 21.4. The molecule has 0 saturated heterocycles. The Hall–Kier alpha value is -2.86. The minimum Gasteiger partial charge on any atom is -0.497 e. The topological polar surface area (TPSA) is 64.6 Å². The van der Waals surface area contributed by atoms with Gasteiger partial charge in [0.25, 0.3) is 0 Å². The Balaban J connectivity index is 1.81. The highest BCUT2D eigenvalue weighted by atomic mass is 32.1. The lowest BCUT2D eigenvalue weighted by molar-refractivity contribution is -0.136. The second-order valence-electron chi connectivity index (χ2n) is 7.73. The van der Waals surface area contributed by atoms with Crippen LogP contribution in [-0.2, 0) is 14.3 Å². The number of hydrogen-bond acceptors (Lipinski definition) is 6. The summed E-state index contributed by atoms with van der Waals surface area (Å²) in [6.45, 7) is 3.90. The molecular formula is C24H25NO4S. The first-order valence-electron chi connectivity index (χ1n) is 9.93. The minimum atomic E-state index is -0.414. The Morgan fingerprint density at radius 3 is 2.60 bits per heavy atom. The summed E-state index contributed by atoms with van der Waals surface area (Å²) in [5, 5.41) is 3.34. The smallest absolute Gasteiger partial charge is 0.336 e. The number of ketones is 1. The Morgan fingerprint density at radius 2 is 1.93 bits per heavy atom. The average Bonchev–Trinajstić information content (AvgIpc) is 3.18. The normalized spacial score (nSPS) is 23.4. The Bertz CT molecular complexity index is 1060. The highest BCUT2D eigenvalue weighted by molar-refractivity contribution is 7.12. The van der Waals surface area contributed by atoms with Gasteiger partial charge in [-0.15, -0.1) is 11.3 Å². The summed E-state index contributed by atoms with van der Waals surface area (Å²) in [7, 11) is 3.02. The third kappa shape index (κ3) is 3.56. The molecule has 0 saturated carbocycles. The lowest BCUT2D eigenvalue weighted by Gasteiger charge is -2.39. The number of carbonyl (C=O) groups excluding carboxylic acids is 2. The summed E-state index contributed by atoms with van der Waals surface area (Å²) < 4.78 is 10.4. The molecule has 4 rings (SSSR count). The van der Waals surface area contributed by atoms with E-state index in [0.29, 0.717) is 12.0 Å². The van der Waals surface area contributed by atoms with Crippen molar-refractivity contribution in [3.8, 4) is 5.75 Å². The van der Waals surface area contributed by atoms with Crippen molar-refractivity contribution >= 4 is 23.1 Å². The minimum absolute atomic E-state index is 0.0375. The van der Waals surface area contributed by atoms with Crippen LogP contribution in [0.5, 0.6) is 5.75 Å². The highest BCUT2D eigenvalue weighted by Crippen LogP contribution is 2.47. The Morgan fingerprint density at radius 1 is 1.13 bits per heavy atom. The largest absolute Gasteiger partial charge is 0.497 e. The van der Waals surface area contributed by atoms with Crippen LogP contribution in [0.2, 0.25) is 0 Å². The molecule has 0 bridgehead atoms. The van der Waals surface area contributed by atoms with E-state index in [0.717, 1.165) is 32.5 Å². The average molecular weight is 424 g/mol. The van der Waals surface area contributed by atoms with E-state index in [2.05, 4.69) is 11.4 Å². The van der Waals surface area contributed by atoms with Gasteiger partial charge in [0.1, 0.15) is 11.5 Å². The number of methoxy groups -OCH3 is 2. The molecule has 3 unspecified atom stereocenters. The van der Waals surface area contributed by atoms with Crippen LogP contribution in [0.3, 0.4) is 0 Å². The highest BCUT2D eigenvalue weighted by Gasteiger charge is 2.45. The first-order valence-corrected chi connectivity index (χ1v) is 10.8.